The van der Waals surface area contributed by atoms with E-state index in [9.17, 15) is 28.8 Å². The molecule has 208 valence electrons. The largest absolute Gasteiger partial charge is 0.406 e. The van der Waals surface area contributed by atoms with Gasteiger partial charge in [0.05, 0.1) is 17.8 Å². The van der Waals surface area contributed by atoms with Crippen molar-refractivity contribution in [3.63, 3.8) is 0 Å². The molecule has 3 rings (SSSR count). The Labute approximate surface area is 224 Å². The Balaban J connectivity index is 1.45. The number of nitrogens with zero attached hydrogens (tertiary/aromatic N) is 3. The molecule has 2 N–H and O–H groups in total. The first-order chi connectivity index (χ1) is 18.6. The van der Waals surface area contributed by atoms with Crippen LogP contribution in [0.15, 0.2) is 35.1 Å². The molecule has 1 aliphatic heterocycles. The molecule has 0 bridgehead atoms. The van der Waals surface area contributed by atoms with Crippen LogP contribution in [0.4, 0.5) is 0 Å². The zero-order chi connectivity index (χ0) is 28.5. The molecule has 0 unspecified atom stereocenters. The van der Waals surface area contributed by atoms with E-state index in [1.54, 1.807) is 13.8 Å². The van der Waals surface area contributed by atoms with E-state index in [2.05, 4.69) is 15.6 Å². The van der Waals surface area contributed by atoms with Crippen LogP contribution in [0.2, 0.25) is 0 Å². The predicted octanol–water partition coefficient (Wildman–Crippen LogP) is 0.0397. The monoisotopic (exact) mass is 541 g/mol. The number of hydroxylamine groups is 2. The predicted molar refractivity (Wildman–Crippen MR) is 135 cm³/mol. The van der Waals surface area contributed by atoms with Crippen LogP contribution in [0, 0.1) is 13.8 Å². The van der Waals surface area contributed by atoms with Gasteiger partial charge in [-0.25, -0.2) is 4.79 Å². The summed E-state index contributed by atoms with van der Waals surface area (Å²) in [4.78, 5) is 87.2. The maximum absolute atomic E-state index is 12.9. The van der Waals surface area contributed by atoms with Crippen molar-refractivity contribution < 1.29 is 33.6 Å². The van der Waals surface area contributed by atoms with Crippen LogP contribution in [0.1, 0.15) is 55.3 Å². The van der Waals surface area contributed by atoms with Crippen LogP contribution in [0.25, 0.3) is 0 Å². The van der Waals surface area contributed by atoms with E-state index in [1.165, 1.54) is 11.7 Å². The van der Waals surface area contributed by atoms with E-state index in [-0.39, 0.29) is 50.9 Å². The average Bonchev–Trinajstić information content (AvgIpc) is 3.22. The number of rotatable bonds is 12. The summed E-state index contributed by atoms with van der Waals surface area (Å²) in [6, 6.07) is 8.45. The number of aromatic nitrogens is 2. The zero-order valence-electron chi connectivity index (χ0n) is 22.0. The maximum atomic E-state index is 12.9. The Morgan fingerprint density at radius 1 is 1.03 bits per heavy atom. The fourth-order valence-electron chi connectivity index (χ4n) is 3.64. The molecule has 2 heterocycles. The Morgan fingerprint density at radius 3 is 2.36 bits per heavy atom. The summed E-state index contributed by atoms with van der Waals surface area (Å²) in [7, 11) is 0. The summed E-state index contributed by atoms with van der Waals surface area (Å²) in [6.45, 7) is 4.99. The van der Waals surface area contributed by atoms with Gasteiger partial charge in [0.2, 0.25) is 11.8 Å². The molecule has 13 heteroatoms. The molecule has 1 aliphatic rings. The summed E-state index contributed by atoms with van der Waals surface area (Å²) >= 11 is 0. The van der Waals surface area contributed by atoms with E-state index in [0.717, 1.165) is 5.56 Å². The van der Waals surface area contributed by atoms with Gasteiger partial charge in [0.25, 0.3) is 11.8 Å². The second-order valence-electron chi connectivity index (χ2n) is 8.96. The Bertz CT molecular complexity index is 1290. The van der Waals surface area contributed by atoms with Crippen molar-refractivity contribution in [3.05, 3.63) is 63.3 Å². The van der Waals surface area contributed by atoms with Gasteiger partial charge in [0.1, 0.15) is 18.3 Å². The van der Waals surface area contributed by atoms with Crippen molar-refractivity contribution in [2.45, 2.75) is 65.5 Å². The number of benzene rings is 1. The number of imide groups is 1. The van der Waals surface area contributed by atoms with Crippen molar-refractivity contribution in [1.82, 2.24) is 25.4 Å². The lowest BCUT2D eigenvalue weighted by Crippen LogP contribution is -2.45. The number of nitrogens with one attached hydrogen (secondary N) is 2. The normalized spacial score (nSPS) is 13.7. The first kappa shape index (κ1) is 29.0. The summed E-state index contributed by atoms with van der Waals surface area (Å²) in [5.74, 6) is -3.06. The zero-order valence-corrected chi connectivity index (χ0v) is 22.0. The highest BCUT2D eigenvalue weighted by Crippen LogP contribution is 2.12. The van der Waals surface area contributed by atoms with Gasteiger partial charge in [0, 0.05) is 32.2 Å². The lowest BCUT2D eigenvalue weighted by atomic mass is 10.2. The number of hydrogen-bond donors (Lipinski definition) is 2. The van der Waals surface area contributed by atoms with Gasteiger partial charge >= 0.3 is 11.5 Å². The second kappa shape index (κ2) is 13.3. The van der Waals surface area contributed by atoms with Gasteiger partial charge in [0.15, 0.2) is 0 Å². The van der Waals surface area contributed by atoms with Crippen LogP contribution in [0.5, 0.6) is 0 Å². The molecule has 0 spiro atoms. The van der Waals surface area contributed by atoms with E-state index in [0.29, 0.717) is 16.5 Å². The molecule has 13 nitrogen and oxygen atoms in total. The molecular weight excluding hydrogens is 510 g/mol. The van der Waals surface area contributed by atoms with E-state index in [1.807, 2.05) is 30.3 Å². The third-order valence-corrected chi connectivity index (χ3v) is 5.95. The number of carbonyl (C=O) groups excluding carboxylic acids is 5. The summed E-state index contributed by atoms with van der Waals surface area (Å²) in [5.41, 5.74) is 1.73. The van der Waals surface area contributed by atoms with Crippen LogP contribution < -0.4 is 21.0 Å². The van der Waals surface area contributed by atoms with Crippen molar-refractivity contribution in [2.75, 3.05) is 6.54 Å². The van der Waals surface area contributed by atoms with E-state index < -0.39 is 41.2 Å². The van der Waals surface area contributed by atoms with Crippen LogP contribution in [-0.2, 0) is 41.8 Å². The molecule has 2 aromatic rings. The second-order valence-corrected chi connectivity index (χ2v) is 8.96. The molecule has 1 atom stereocenters. The van der Waals surface area contributed by atoms with Crippen molar-refractivity contribution >= 4 is 29.6 Å². The van der Waals surface area contributed by atoms with Crippen LogP contribution in [0.3, 0.4) is 0 Å². The lowest BCUT2D eigenvalue weighted by molar-refractivity contribution is -0.197. The number of amides is 4. The fourth-order valence-corrected chi connectivity index (χ4v) is 3.64. The van der Waals surface area contributed by atoms with Crippen LogP contribution >= 0.6 is 0 Å². The minimum absolute atomic E-state index is 0.0161. The SMILES string of the molecule is Cc1nc(CCC(=O)N[C@@H](C)C(=O)NCCC(=O)ON2C(=O)CCC2=O)c(=O)n(OCc2ccccc2)c1C. The lowest BCUT2D eigenvalue weighted by Gasteiger charge is -2.16. The fraction of sp³-hybridized carbons (Fsp3) is 0.423. The van der Waals surface area contributed by atoms with E-state index in [4.69, 9.17) is 9.68 Å². The smallest absolute Gasteiger partial charge is 0.334 e. The maximum Gasteiger partial charge on any atom is 0.334 e. The molecule has 1 fully saturated rings. The molecular formula is C26H31N5O8. The molecule has 1 aromatic heterocycles. The Kier molecular flexibility index (Phi) is 9.90. The standard InChI is InChI=1S/C26H31N5O8/c1-16-18(3)30(38-15-19-7-5-4-6-8-19)26(37)20(28-16)9-10-21(32)29-17(2)25(36)27-14-13-24(35)39-31-22(33)11-12-23(31)34/h4-8,17H,9-15H2,1-3H3,(H,27,36)(H,29,32)/t17-/m0/s1. The minimum Gasteiger partial charge on any atom is -0.406 e. The van der Waals surface area contributed by atoms with Crippen LogP contribution in [-0.4, -0.2) is 57.0 Å². The molecule has 0 saturated carbocycles. The molecule has 0 radical (unpaired) electrons. The first-order valence-corrected chi connectivity index (χ1v) is 12.5. The molecule has 1 saturated heterocycles. The van der Waals surface area contributed by atoms with E-state index >= 15 is 0 Å². The first-order valence-electron chi connectivity index (χ1n) is 12.5. The van der Waals surface area contributed by atoms with Gasteiger partial charge in [-0.15, -0.1) is 9.79 Å². The number of carbonyl (C=O) groups is 5. The topological polar surface area (TPSA) is 166 Å². The minimum atomic E-state index is -0.922. The average molecular weight is 542 g/mol. The quantitative estimate of drug-likeness (QED) is 0.353. The van der Waals surface area contributed by atoms with Gasteiger partial charge in [-0.2, -0.15) is 0 Å². The summed E-state index contributed by atoms with van der Waals surface area (Å²) in [6.07, 6.45) is -0.365. The van der Waals surface area contributed by atoms with Gasteiger partial charge in [-0.05, 0) is 26.3 Å². The highest BCUT2D eigenvalue weighted by atomic mass is 16.7. The van der Waals surface area contributed by atoms with Gasteiger partial charge < -0.3 is 20.3 Å². The number of aryl methyl sites for hydroxylation is 2. The van der Waals surface area contributed by atoms with Crippen molar-refractivity contribution in [1.29, 1.82) is 0 Å². The van der Waals surface area contributed by atoms with Gasteiger partial charge in [-0.1, -0.05) is 30.3 Å². The van der Waals surface area contributed by atoms with Gasteiger partial charge in [-0.3, -0.25) is 29.0 Å². The Hall–Kier alpha value is -4.55. The van der Waals surface area contributed by atoms with Crippen molar-refractivity contribution in [2.24, 2.45) is 0 Å². The summed E-state index contributed by atoms with van der Waals surface area (Å²) < 4.78 is 1.18. The Morgan fingerprint density at radius 2 is 1.69 bits per heavy atom. The highest BCUT2D eigenvalue weighted by Gasteiger charge is 2.32. The molecule has 39 heavy (non-hydrogen) atoms. The summed E-state index contributed by atoms with van der Waals surface area (Å²) in [5, 5.41) is 5.44. The highest BCUT2D eigenvalue weighted by molar-refractivity contribution is 6.01. The molecule has 0 aliphatic carbocycles. The third kappa shape index (κ3) is 7.97. The molecule has 4 amide bonds. The molecule has 1 aromatic carbocycles. The van der Waals surface area contributed by atoms with Crippen molar-refractivity contribution in [3.8, 4) is 0 Å². The number of hydrogen-bond acceptors (Lipinski definition) is 9. The third-order valence-electron chi connectivity index (χ3n) is 5.95.